The Bertz CT molecular complexity index is 750. The molecule has 1 aromatic carbocycles. The van der Waals surface area contributed by atoms with Crippen LogP contribution in [0.15, 0.2) is 59.2 Å². The van der Waals surface area contributed by atoms with E-state index in [1.54, 1.807) is 0 Å². The minimum atomic E-state index is 0.834. The summed E-state index contributed by atoms with van der Waals surface area (Å²) in [7, 11) is 0. The number of nitrogens with zero attached hydrogens (tertiary/aromatic N) is 2. The topological polar surface area (TPSA) is 25.8 Å². The summed E-state index contributed by atoms with van der Waals surface area (Å²) in [6, 6.07) is 18.0. The summed E-state index contributed by atoms with van der Waals surface area (Å²) in [4.78, 5) is 8.94. The van der Waals surface area contributed by atoms with Crippen LogP contribution in [-0.4, -0.2) is 9.97 Å². The van der Waals surface area contributed by atoms with E-state index in [1.807, 2.05) is 54.6 Å². The molecule has 0 bridgehead atoms. The lowest BCUT2D eigenvalue weighted by atomic mass is 10.2. The van der Waals surface area contributed by atoms with Gasteiger partial charge in [0.15, 0.2) is 0 Å². The summed E-state index contributed by atoms with van der Waals surface area (Å²) in [5.74, 6) is 0. The van der Waals surface area contributed by atoms with Gasteiger partial charge in [0.1, 0.15) is 4.60 Å². The first kappa shape index (κ1) is 12.1. The molecule has 0 unspecified atom stereocenters. The molecule has 0 spiro atoms. The number of benzene rings is 1. The van der Waals surface area contributed by atoms with Gasteiger partial charge in [-0.2, -0.15) is 0 Å². The van der Waals surface area contributed by atoms with Crippen LogP contribution in [0.5, 0.6) is 0 Å². The highest BCUT2D eigenvalue weighted by Gasteiger charge is 1.95. The molecule has 3 heteroatoms. The van der Waals surface area contributed by atoms with E-state index in [4.69, 9.17) is 0 Å². The van der Waals surface area contributed by atoms with Gasteiger partial charge in [-0.15, -0.1) is 0 Å². The molecule has 3 aromatic rings. The van der Waals surface area contributed by atoms with Crippen LogP contribution in [0.1, 0.15) is 11.4 Å². The van der Waals surface area contributed by atoms with Crippen LogP contribution in [0.4, 0.5) is 0 Å². The van der Waals surface area contributed by atoms with Crippen LogP contribution in [0.2, 0.25) is 0 Å². The normalized spacial score (nSPS) is 11.2. The Morgan fingerprint density at radius 1 is 0.737 bits per heavy atom. The number of rotatable bonds is 2. The maximum Gasteiger partial charge on any atom is 0.106 e. The van der Waals surface area contributed by atoms with Crippen molar-refractivity contribution in [2.75, 3.05) is 0 Å². The molecule has 0 aliphatic heterocycles. The van der Waals surface area contributed by atoms with Crippen LogP contribution >= 0.6 is 15.9 Å². The van der Waals surface area contributed by atoms with Crippen molar-refractivity contribution < 1.29 is 0 Å². The summed E-state index contributed by atoms with van der Waals surface area (Å²) in [6.07, 6.45) is 3.93. The number of halogens is 1. The molecule has 0 atom stereocenters. The second-order valence-electron chi connectivity index (χ2n) is 4.15. The number of fused-ring (bicyclic) bond motifs is 1. The Balaban J connectivity index is 1.92. The number of para-hydroxylation sites is 1. The Morgan fingerprint density at radius 3 is 2.37 bits per heavy atom. The zero-order chi connectivity index (χ0) is 13.1. The van der Waals surface area contributed by atoms with Gasteiger partial charge in [-0.3, -0.25) is 0 Å². The van der Waals surface area contributed by atoms with Crippen LogP contribution in [0, 0.1) is 0 Å². The molecule has 2 aromatic heterocycles. The first-order valence-corrected chi connectivity index (χ1v) is 6.77. The highest BCUT2D eigenvalue weighted by molar-refractivity contribution is 9.10. The van der Waals surface area contributed by atoms with Gasteiger partial charge in [0, 0.05) is 5.39 Å². The van der Waals surface area contributed by atoms with Crippen LogP contribution in [0.3, 0.4) is 0 Å². The monoisotopic (exact) mass is 310 g/mol. The van der Waals surface area contributed by atoms with Crippen molar-refractivity contribution in [2.24, 2.45) is 0 Å². The summed E-state index contributed by atoms with van der Waals surface area (Å²) in [5.41, 5.74) is 2.84. The van der Waals surface area contributed by atoms with E-state index >= 15 is 0 Å². The predicted octanol–water partition coefficient (Wildman–Crippen LogP) is 4.56. The standard InChI is InChI=1S/C16H11BrN2/c17-16-7-3-5-13(19-16)10-11-14-9-8-12-4-1-2-6-15(12)18-14/h1-11H/b11-10+. The van der Waals surface area contributed by atoms with Crippen molar-refractivity contribution >= 4 is 39.0 Å². The lowest BCUT2D eigenvalue weighted by Crippen LogP contribution is -1.83. The van der Waals surface area contributed by atoms with Crippen LogP contribution < -0.4 is 0 Å². The predicted molar refractivity (Wildman–Crippen MR) is 82.6 cm³/mol. The molecule has 0 fully saturated rings. The van der Waals surface area contributed by atoms with E-state index in [2.05, 4.69) is 38.0 Å². The molecule has 3 rings (SSSR count). The second-order valence-corrected chi connectivity index (χ2v) is 4.96. The van der Waals surface area contributed by atoms with E-state index in [-0.39, 0.29) is 0 Å². The zero-order valence-corrected chi connectivity index (χ0v) is 11.7. The fourth-order valence-corrected chi connectivity index (χ4v) is 2.22. The third-order valence-electron chi connectivity index (χ3n) is 2.78. The molecule has 0 radical (unpaired) electrons. The average Bonchev–Trinajstić information content (AvgIpc) is 2.45. The third kappa shape index (κ3) is 2.88. The van der Waals surface area contributed by atoms with Crippen molar-refractivity contribution in [3.8, 4) is 0 Å². The van der Waals surface area contributed by atoms with E-state index < -0.39 is 0 Å². The summed E-state index contributed by atoms with van der Waals surface area (Å²) in [5, 5.41) is 1.15. The van der Waals surface area contributed by atoms with Gasteiger partial charge in [-0.25, -0.2) is 9.97 Å². The molecule has 0 saturated heterocycles. The van der Waals surface area contributed by atoms with Crippen LogP contribution in [0.25, 0.3) is 23.1 Å². The molecule has 2 heterocycles. The minimum Gasteiger partial charge on any atom is -0.248 e. The van der Waals surface area contributed by atoms with Gasteiger partial charge in [0.2, 0.25) is 0 Å². The Hall–Kier alpha value is -2.00. The summed E-state index contributed by atoms with van der Waals surface area (Å²) in [6.45, 7) is 0. The SMILES string of the molecule is Brc1cccc(/C=C/c2ccc3ccccc3n2)n1. The van der Waals surface area contributed by atoms with Gasteiger partial charge >= 0.3 is 0 Å². The smallest absolute Gasteiger partial charge is 0.106 e. The highest BCUT2D eigenvalue weighted by Crippen LogP contribution is 2.14. The van der Waals surface area contributed by atoms with E-state index in [0.29, 0.717) is 0 Å². The van der Waals surface area contributed by atoms with E-state index in [9.17, 15) is 0 Å². The maximum atomic E-state index is 4.59. The number of hydrogen-bond donors (Lipinski definition) is 0. The molecule has 2 nitrogen and oxygen atoms in total. The van der Waals surface area contributed by atoms with Crippen molar-refractivity contribution in [3.63, 3.8) is 0 Å². The lowest BCUT2D eigenvalue weighted by Gasteiger charge is -1.98. The molecule has 0 N–H and O–H groups in total. The Labute approximate surface area is 120 Å². The lowest BCUT2D eigenvalue weighted by molar-refractivity contribution is 1.25. The van der Waals surface area contributed by atoms with Crippen molar-refractivity contribution in [1.29, 1.82) is 0 Å². The zero-order valence-electron chi connectivity index (χ0n) is 10.1. The number of pyridine rings is 2. The molecule has 0 saturated carbocycles. The minimum absolute atomic E-state index is 0.834. The molecule has 0 amide bonds. The molecule has 0 aliphatic rings. The molecular weight excluding hydrogens is 300 g/mol. The van der Waals surface area contributed by atoms with Gasteiger partial charge in [0.25, 0.3) is 0 Å². The average molecular weight is 311 g/mol. The van der Waals surface area contributed by atoms with E-state index in [0.717, 1.165) is 26.9 Å². The van der Waals surface area contributed by atoms with Gasteiger partial charge < -0.3 is 0 Å². The number of hydrogen-bond acceptors (Lipinski definition) is 2. The quantitative estimate of drug-likeness (QED) is 0.648. The fraction of sp³-hybridized carbons (Fsp3) is 0. The summed E-state index contributed by atoms with van der Waals surface area (Å²) < 4.78 is 0.834. The Kier molecular flexibility index (Phi) is 3.38. The third-order valence-corrected chi connectivity index (χ3v) is 3.22. The first-order valence-electron chi connectivity index (χ1n) is 5.98. The van der Waals surface area contributed by atoms with Crippen molar-refractivity contribution in [1.82, 2.24) is 9.97 Å². The van der Waals surface area contributed by atoms with Crippen molar-refractivity contribution in [3.05, 3.63) is 70.6 Å². The van der Waals surface area contributed by atoms with Gasteiger partial charge in [-0.1, -0.05) is 30.3 Å². The van der Waals surface area contributed by atoms with Crippen molar-refractivity contribution in [2.45, 2.75) is 0 Å². The molecule has 92 valence electrons. The molecule has 0 aliphatic carbocycles. The Morgan fingerprint density at radius 2 is 1.53 bits per heavy atom. The maximum absolute atomic E-state index is 4.59. The van der Waals surface area contributed by atoms with E-state index in [1.165, 1.54) is 0 Å². The summed E-state index contributed by atoms with van der Waals surface area (Å²) >= 11 is 3.36. The fourth-order valence-electron chi connectivity index (χ4n) is 1.86. The van der Waals surface area contributed by atoms with Gasteiger partial charge in [-0.05, 0) is 52.3 Å². The largest absolute Gasteiger partial charge is 0.248 e. The molecular formula is C16H11BrN2. The highest BCUT2D eigenvalue weighted by atomic mass is 79.9. The molecule has 19 heavy (non-hydrogen) atoms. The number of aromatic nitrogens is 2. The first-order chi connectivity index (χ1) is 9.31. The second kappa shape index (κ2) is 5.33. The van der Waals surface area contributed by atoms with Crippen LogP contribution in [-0.2, 0) is 0 Å². The van der Waals surface area contributed by atoms with Gasteiger partial charge in [0.05, 0.1) is 16.9 Å².